The molecule has 0 saturated carbocycles. The molecular weight excluding hydrogens is 907 g/mol. The van der Waals surface area contributed by atoms with Crippen molar-refractivity contribution in [3.8, 4) is 23.0 Å². The van der Waals surface area contributed by atoms with E-state index in [1.54, 1.807) is 12.1 Å². The number of nitrogens with two attached hydrogens (primary N) is 2. The third kappa shape index (κ3) is 17.5. The van der Waals surface area contributed by atoms with Gasteiger partial charge in [-0.15, -0.1) is 0 Å². The van der Waals surface area contributed by atoms with Crippen molar-refractivity contribution in [3.05, 3.63) is 155 Å². The molecule has 5 rings (SSSR count). The summed E-state index contributed by atoms with van der Waals surface area (Å²) in [6.45, 7) is -0.247. The van der Waals surface area contributed by atoms with Crippen LogP contribution in [0.1, 0.15) is 91.5 Å². The lowest BCUT2D eigenvalue weighted by atomic mass is 9.88. The van der Waals surface area contributed by atoms with Crippen LogP contribution in [0.4, 0.5) is 37.7 Å². The average molecular weight is 963 g/mol. The number of unbranched alkanes of at least 4 members (excludes halogenated alkanes) is 6. The zero-order valence-corrected chi connectivity index (χ0v) is 37.9. The van der Waals surface area contributed by atoms with Crippen LogP contribution in [0.3, 0.4) is 0 Å². The number of carboxylic acids is 1. The van der Waals surface area contributed by atoms with Gasteiger partial charge in [-0.1, -0.05) is 43.2 Å². The molecule has 0 bridgehead atoms. The molecule has 0 aliphatic rings. The van der Waals surface area contributed by atoms with Gasteiger partial charge >= 0.3 is 24.2 Å². The fourth-order valence-corrected chi connectivity index (χ4v) is 7.06. The zero-order chi connectivity index (χ0) is 49.7. The van der Waals surface area contributed by atoms with Gasteiger partial charge in [-0.2, -0.15) is 17.6 Å². The SMILES string of the molecule is Nc1ccc(C(COC(=O)/C=C/c2ccc(OC(F)(F)c3ccc(OCCCCCCF)cc3)cc2)C/C(=C\C(=O)O)c2ccc(OC(F)(F)c3ccc(OCCCCCCF)cc3)cc2)c(N)c1. The minimum absolute atomic E-state index is 0.0344. The smallest absolute Gasteiger partial charge is 0.426 e. The number of allylic oxidation sites excluding steroid dienone is 1. The Balaban J connectivity index is 1.19. The van der Waals surface area contributed by atoms with E-state index in [9.17, 15) is 23.5 Å². The molecule has 0 aromatic heterocycles. The van der Waals surface area contributed by atoms with Gasteiger partial charge in [0, 0.05) is 29.4 Å². The molecule has 5 N–H and O–H groups in total. The summed E-state index contributed by atoms with van der Waals surface area (Å²) < 4.78 is 112. The first kappa shape index (κ1) is 52.9. The number of carbonyl (C=O) groups is 2. The van der Waals surface area contributed by atoms with Crippen molar-refractivity contribution in [1.82, 2.24) is 0 Å². The van der Waals surface area contributed by atoms with Crippen molar-refractivity contribution < 1.29 is 64.7 Å². The number of anilines is 2. The molecule has 1 atom stereocenters. The minimum Gasteiger partial charge on any atom is -0.494 e. The van der Waals surface area contributed by atoms with Crippen LogP contribution in [-0.2, 0) is 26.5 Å². The van der Waals surface area contributed by atoms with Gasteiger partial charge in [-0.25, -0.2) is 9.59 Å². The highest BCUT2D eigenvalue weighted by atomic mass is 19.3. The monoisotopic (exact) mass is 962 g/mol. The maximum absolute atomic E-state index is 15.3. The van der Waals surface area contributed by atoms with Crippen LogP contribution in [0.5, 0.6) is 23.0 Å². The van der Waals surface area contributed by atoms with Crippen LogP contribution < -0.4 is 30.4 Å². The first-order valence-corrected chi connectivity index (χ1v) is 22.5. The number of nitrogen functional groups attached to an aromatic ring is 2. The first-order chi connectivity index (χ1) is 33.1. The molecular formula is C53H56F6N2O8. The number of esters is 1. The van der Waals surface area contributed by atoms with Gasteiger partial charge in [0.15, 0.2) is 0 Å². The third-order valence-corrected chi connectivity index (χ3v) is 10.7. The van der Waals surface area contributed by atoms with E-state index in [0.29, 0.717) is 66.4 Å². The summed E-state index contributed by atoms with van der Waals surface area (Å²) in [6, 6.07) is 26.2. The second-order valence-electron chi connectivity index (χ2n) is 16.0. The molecule has 0 aliphatic carbocycles. The standard InChI is InChI=1S/C53H56F6N2O8/c54-29-5-1-3-7-31-65-44-23-14-41(15-24-44)52(56,57)68-46-19-9-37(10-20-46)11-28-51(64)67-36-40(48-27-18-43(60)35-49(48)61)33-39(34-50(62)63)38-12-21-47(22-13-38)69-53(58,59)42-16-25-45(26-17-42)66-32-8-4-2-6-30-55/h9-28,34-35,40H,1-8,29-33,36,60-61H2,(H,62,63)/b28-11+,39-34+. The lowest BCUT2D eigenvalue weighted by Gasteiger charge is -2.22. The molecule has 0 fully saturated rings. The van der Waals surface area contributed by atoms with Crippen molar-refractivity contribution in [1.29, 1.82) is 0 Å². The van der Waals surface area contributed by atoms with E-state index >= 15 is 17.6 Å². The summed E-state index contributed by atoms with van der Waals surface area (Å²) in [5, 5.41) is 9.83. The average Bonchev–Trinajstić information content (AvgIpc) is 3.32. The summed E-state index contributed by atoms with van der Waals surface area (Å²) in [4.78, 5) is 25.1. The zero-order valence-electron chi connectivity index (χ0n) is 37.9. The quantitative estimate of drug-likeness (QED) is 0.0139. The van der Waals surface area contributed by atoms with E-state index in [1.165, 1.54) is 109 Å². The predicted octanol–water partition coefficient (Wildman–Crippen LogP) is 12.8. The lowest BCUT2D eigenvalue weighted by Crippen LogP contribution is -2.21. The number of hydrogen-bond acceptors (Lipinski definition) is 9. The maximum Gasteiger partial charge on any atom is 0.426 e. The van der Waals surface area contributed by atoms with Crippen LogP contribution in [0, 0.1) is 0 Å². The molecule has 0 saturated heterocycles. The van der Waals surface area contributed by atoms with Crippen molar-refractivity contribution in [3.63, 3.8) is 0 Å². The molecule has 0 spiro atoms. The predicted molar refractivity (Wildman–Crippen MR) is 253 cm³/mol. The maximum atomic E-state index is 15.3. The fraction of sp³-hybridized carbons (Fsp3) is 0.321. The lowest BCUT2D eigenvalue weighted by molar-refractivity contribution is -0.186. The van der Waals surface area contributed by atoms with E-state index in [1.807, 2.05) is 0 Å². The number of rotatable bonds is 29. The number of carboxylic acid groups (broad SMARTS) is 1. The van der Waals surface area contributed by atoms with Gasteiger partial charge in [0.2, 0.25) is 0 Å². The molecule has 69 heavy (non-hydrogen) atoms. The normalized spacial score (nSPS) is 12.4. The summed E-state index contributed by atoms with van der Waals surface area (Å²) in [6.07, 6.45) is 1.58. The Hall–Kier alpha value is -7.10. The number of aliphatic carboxylic acids is 1. The Kier molecular flexibility index (Phi) is 20.3. The summed E-state index contributed by atoms with van der Waals surface area (Å²) >= 11 is 0. The van der Waals surface area contributed by atoms with Gasteiger partial charge < -0.3 is 40.3 Å². The van der Waals surface area contributed by atoms with Crippen molar-refractivity contribution in [2.24, 2.45) is 0 Å². The van der Waals surface area contributed by atoms with Crippen molar-refractivity contribution >= 4 is 35.0 Å². The Bertz CT molecular complexity index is 2430. The number of carbonyl (C=O) groups excluding carboxylic acids is 1. The van der Waals surface area contributed by atoms with Gasteiger partial charge in [-0.3, -0.25) is 8.78 Å². The molecule has 0 amide bonds. The highest BCUT2D eigenvalue weighted by molar-refractivity contribution is 5.90. The van der Waals surface area contributed by atoms with Crippen LogP contribution in [0.25, 0.3) is 11.6 Å². The molecule has 5 aromatic carbocycles. The summed E-state index contributed by atoms with van der Waals surface area (Å²) in [5.41, 5.74) is 13.6. The fourth-order valence-electron chi connectivity index (χ4n) is 7.06. The van der Waals surface area contributed by atoms with Gasteiger partial charge in [0.25, 0.3) is 0 Å². The molecule has 0 heterocycles. The Morgan fingerprint density at radius 2 is 1.09 bits per heavy atom. The third-order valence-electron chi connectivity index (χ3n) is 10.7. The second-order valence-corrected chi connectivity index (χ2v) is 16.0. The van der Waals surface area contributed by atoms with E-state index < -0.39 is 35.6 Å². The van der Waals surface area contributed by atoms with E-state index in [0.717, 1.165) is 44.3 Å². The largest absolute Gasteiger partial charge is 0.494 e. The highest BCUT2D eigenvalue weighted by Gasteiger charge is 2.35. The molecule has 5 aromatic rings. The molecule has 368 valence electrons. The number of alkyl halides is 6. The second kappa shape index (κ2) is 26.4. The highest BCUT2D eigenvalue weighted by Crippen LogP contribution is 2.37. The van der Waals surface area contributed by atoms with Crippen LogP contribution in [0.15, 0.2) is 127 Å². The Morgan fingerprint density at radius 3 is 1.57 bits per heavy atom. The van der Waals surface area contributed by atoms with E-state index in [-0.39, 0.29) is 54.7 Å². The molecule has 0 radical (unpaired) electrons. The van der Waals surface area contributed by atoms with Crippen LogP contribution in [0.2, 0.25) is 0 Å². The Morgan fingerprint density at radius 1 is 0.609 bits per heavy atom. The van der Waals surface area contributed by atoms with Crippen LogP contribution in [-0.4, -0.2) is 50.2 Å². The van der Waals surface area contributed by atoms with E-state index in [2.05, 4.69) is 0 Å². The number of halogens is 6. The first-order valence-electron chi connectivity index (χ1n) is 22.5. The van der Waals surface area contributed by atoms with Crippen molar-refractivity contribution in [2.45, 2.75) is 75.9 Å². The van der Waals surface area contributed by atoms with Gasteiger partial charge in [0.1, 0.15) is 23.0 Å². The van der Waals surface area contributed by atoms with E-state index in [4.69, 9.17) is 35.2 Å². The Labute approximate surface area is 397 Å². The number of ether oxygens (including phenoxy) is 5. The molecule has 1 unspecified atom stereocenters. The van der Waals surface area contributed by atoms with Crippen molar-refractivity contribution in [2.75, 3.05) is 44.6 Å². The molecule has 10 nitrogen and oxygen atoms in total. The van der Waals surface area contributed by atoms with Gasteiger partial charge in [-0.05, 0) is 158 Å². The number of benzene rings is 5. The number of hydrogen-bond donors (Lipinski definition) is 3. The topological polar surface area (TPSA) is 153 Å². The molecule has 0 aliphatic heterocycles. The summed E-state index contributed by atoms with van der Waals surface area (Å²) in [5.74, 6) is -2.30. The molecule has 16 heteroatoms. The summed E-state index contributed by atoms with van der Waals surface area (Å²) in [7, 11) is 0. The van der Waals surface area contributed by atoms with Crippen LogP contribution >= 0.6 is 0 Å². The minimum atomic E-state index is -3.73. The van der Waals surface area contributed by atoms with Gasteiger partial charge in [0.05, 0.1) is 44.3 Å².